The molecular weight excluding hydrogens is 360 g/mol. The zero-order valence-electron chi connectivity index (χ0n) is 13.6. The molecule has 7 nitrogen and oxygen atoms in total. The largest absolute Gasteiger partial charge is 0.456 e. The third-order valence-corrected chi connectivity index (χ3v) is 3.96. The number of oxazole rings is 1. The molecule has 0 aliphatic heterocycles. The van der Waals surface area contributed by atoms with E-state index in [-0.39, 0.29) is 13.0 Å². The second kappa shape index (κ2) is 7.88. The molecule has 0 unspecified atom stereocenters. The van der Waals surface area contributed by atoms with Crippen LogP contribution in [0.25, 0.3) is 11.1 Å². The first-order chi connectivity index (χ1) is 12.5. The fraction of sp³-hybridized carbons (Fsp3) is 0.167. The van der Waals surface area contributed by atoms with Gasteiger partial charge in [-0.25, -0.2) is 4.79 Å². The summed E-state index contributed by atoms with van der Waals surface area (Å²) in [5.41, 5.74) is 1.48. The maximum atomic E-state index is 11.8. The van der Waals surface area contributed by atoms with E-state index >= 15 is 0 Å². The number of rotatable bonds is 6. The number of nitrogens with zero attached hydrogens (tertiary/aromatic N) is 1. The molecule has 3 aromatic rings. The Kier molecular flexibility index (Phi) is 5.38. The lowest BCUT2D eigenvalue weighted by Gasteiger charge is -2.08. The van der Waals surface area contributed by atoms with Crippen molar-refractivity contribution in [1.29, 1.82) is 0 Å². The molecule has 0 fully saturated rings. The third kappa shape index (κ3) is 4.12. The Morgan fingerprint density at radius 3 is 2.65 bits per heavy atom. The Hall–Kier alpha value is -3.06. The highest BCUT2D eigenvalue weighted by atomic mass is 35.5. The van der Waals surface area contributed by atoms with E-state index < -0.39 is 24.2 Å². The standard InChI is InChI=1S/C18H15ClN2O5/c19-12-5-1-2-6-13(12)20-16(22)11-25-17(23)9-10-21-14-7-3-4-8-15(14)26-18(21)24/h1-8H,9-11H2,(H,20,22). The van der Waals surface area contributed by atoms with Crippen molar-refractivity contribution < 1.29 is 18.7 Å². The van der Waals surface area contributed by atoms with Crippen LogP contribution in [0.2, 0.25) is 5.02 Å². The van der Waals surface area contributed by atoms with Crippen LogP contribution in [0.4, 0.5) is 5.69 Å². The summed E-state index contributed by atoms with van der Waals surface area (Å²) >= 11 is 5.94. The molecule has 0 radical (unpaired) electrons. The van der Waals surface area contributed by atoms with Crippen LogP contribution in [0.3, 0.4) is 0 Å². The number of anilines is 1. The quantitative estimate of drug-likeness (QED) is 0.670. The number of benzene rings is 2. The van der Waals surface area contributed by atoms with Gasteiger partial charge in [-0.15, -0.1) is 0 Å². The smallest absolute Gasteiger partial charge is 0.419 e. The monoisotopic (exact) mass is 374 g/mol. The van der Waals surface area contributed by atoms with Crippen molar-refractivity contribution in [1.82, 2.24) is 4.57 Å². The average Bonchev–Trinajstić information content (AvgIpc) is 2.95. The minimum Gasteiger partial charge on any atom is -0.456 e. The van der Waals surface area contributed by atoms with E-state index in [0.29, 0.717) is 21.8 Å². The maximum absolute atomic E-state index is 11.8. The van der Waals surface area contributed by atoms with Crippen LogP contribution in [0.1, 0.15) is 6.42 Å². The normalized spacial score (nSPS) is 10.7. The minimum atomic E-state index is -0.600. The Balaban J connectivity index is 1.51. The summed E-state index contributed by atoms with van der Waals surface area (Å²) in [6.45, 7) is -0.341. The van der Waals surface area contributed by atoms with Crippen LogP contribution < -0.4 is 11.1 Å². The SMILES string of the molecule is O=C(COC(=O)CCn1c(=O)oc2ccccc21)Nc1ccccc1Cl. The molecule has 0 spiro atoms. The van der Waals surface area contributed by atoms with Gasteiger partial charge in [0.1, 0.15) is 0 Å². The van der Waals surface area contributed by atoms with Crippen LogP contribution >= 0.6 is 11.6 Å². The number of carbonyl (C=O) groups excluding carboxylic acids is 2. The molecule has 0 saturated heterocycles. The lowest BCUT2D eigenvalue weighted by Crippen LogP contribution is -2.22. The van der Waals surface area contributed by atoms with Crippen molar-refractivity contribution in [2.45, 2.75) is 13.0 Å². The van der Waals surface area contributed by atoms with Gasteiger partial charge in [0.05, 0.1) is 22.6 Å². The van der Waals surface area contributed by atoms with Gasteiger partial charge < -0.3 is 14.5 Å². The van der Waals surface area contributed by atoms with Gasteiger partial charge in [-0.3, -0.25) is 14.2 Å². The molecule has 26 heavy (non-hydrogen) atoms. The highest BCUT2D eigenvalue weighted by Crippen LogP contribution is 2.20. The lowest BCUT2D eigenvalue weighted by molar-refractivity contribution is -0.147. The summed E-state index contributed by atoms with van der Waals surface area (Å²) in [7, 11) is 0. The first kappa shape index (κ1) is 17.8. The summed E-state index contributed by atoms with van der Waals surface area (Å²) in [5.74, 6) is -1.65. The molecule has 0 aliphatic carbocycles. The van der Waals surface area contributed by atoms with E-state index in [4.69, 9.17) is 20.8 Å². The minimum absolute atomic E-state index is 0.0667. The topological polar surface area (TPSA) is 90.5 Å². The van der Waals surface area contributed by atoms with Crippen molar-refractivity contribution in [2.24, 2.45) is 0 Å². The molecule has 3 rings (SSSR count). The number of esters is 1. The van der Waals surface area contributed by atoms with Gasteiger partial charge in [-0.1, -0.05) is 35.9 Å². The van der Waals surface area contributed by atoms with E-state index in [9.17, 15) is 14.4 Å². The number of amides is 1. The molecule has 1 heterocycles. The number of nitrogens with one attached hydrogen (secondary N) is 1. The number of hydrogen-bond donors (Lipinski definition) is 1. The fourth-order valence-corrected chi connectivity index (χ4v) is 2.58. The number of halogens is 1. The van der Waals surface area contributed by atoms with Gasteiger partial charge in [0.25, 0.3) is 5.91 Å². The lowest BCUT2D eigenvalue weighted by atomic mass is 10.3. The Morgan fingerprint density at radius 1 is 1.12 bits per heavy atom. The Bertz CT molecular complexity index is 1010. The van der Waals surface area contributed by atoms with E-state index in [1.165, 1.54) is 4.57 Å². The van der Waals surface area contributed by atoms with Crippen molar-refractivity contribution in [2.75, 3.05) is 11.9 Å². The molecule has 0 bridgehead atoms. The highest BCUT2D eigenvalue weighted by Gasteiger charge is 2.13. The maximum Gasteiger partial charge on any atom is 0.419 e. The number of hydrogen-bond acceptors (Lipinski definition) is 5. The molecule has 0 atom stereocenters. The van der Waals surface area contributed by atoms with Crippen LogP contribution in [-0.4, -0.2) is 23.1 Å². The van der Waals surface area contributed by atoms with Crippen molar-refractivity contribution in [3.8, 4) is 0 Å². The summed E-state index contributed by atoms with van der Waals surface area (Å²) in [4.78, 5) is 35.5. The predicted molar refractivity (Wildman–Crippen MR) is 96.1 cm³/mol. The molecule has 134 valence electrons. The molecule has 1 amide bonds. The van der Waals surface area contributed by atoms with E-state index in [1.54, 1.807) is 48.5 Å². The zero-order valence-corrected chi connectivity index (χ0v) is 14.4. The van der Waals surface area contributed by atoms with E-state index in [2.05, 4.69) is 5.32 Å². The molecule has 1 aromatic heterocycles. The number of aryl methyl sites for hydroxylation is 1. The van der Waals surface area contributed by atoms with Gasteiger partial charge in [-0.2, -0.15) is 0 Å². The number of carbonyl (C=O) groups is 2. The molecule has 2 aromatic carbocycles. The number of fused-ring (bicyclic) bond motifs is 1. The van der Waals surface area contributed by atoms with Gasteiger partial charge in [0.15, 0.2) is 12.2 Å². The van der Waals surface area contributed by atoms with Gasteiger partial charge in [0.2, 0.25) is 0 Å². The van der Waals surface area contributed by atoms with E-state index in [0.717, 1.165) is 0 Å². The van der Waals surface area contributed by atoms with Gasteiger partial charge in [-0.05, 0) is 24.3 Å². The number of para-hydroxylation sites is 3. The Labute approximate surface area is 153 Å². The first-order valence-electron chi connectivity index (χ1n) is 7.83. The zero-order chi connectivity index (χ0) is 18.5. The van der Waals surface area contributed by atoms with Crippen molar-refractivity contribution in [3.05, 3.63) is 64.1 Å². The first-order valence-corrected chi connectivity index (χ1v) is 8.21. The average molecular weight is 375 g/mol. The molecular formula is C18H15ClN2O5. The summed E-state index contributed by atoms with van der Waals surface area (Å²) in [6, 6.07) is 13.6. The van der Waals surface area contributed by atoms with Gasteiger partial charge in [0, 0.05) is 6.54 Å². The summed E-state index contributed by atoms with van der Waals surface area (Å²) in [5, 5.41) is 2.94. The van der Waals surface area contributed by atoms with Crippen molar-refractivity contribution in [3.63, 3.8) is 0 Å². The highest BCUT2D eigenvalue weighted by molar-refractivity contribution is 6.33. The second-order valence-electron chi connectivity index (χ2n) is 5.43. The fourth-order valence-electron chi connectivity index (χ4n) is 2.40. The predicted octanol–water partition coefficient (Wildman–Crippen LogP) is 2.82. The number of aromatic nitrogens is 1. The summed E-state index contributed by atoms with van der Waals surface area (Å²) < 4.78 is 11.4. The van der Waals surface area contributed by atoms with Gasteiger partial charge >= 0.3 is 11.7 Å². The van der Waals surface area contributed by atoms with Crippen LogP contribution in [0, 0.1) is 0 Å². The summed E-state index contributed by atoms with van der Waals surface area (Å²) in [6.07, 6.45) is -0.0667. The van der Waals surface area contributed by atoms with Crippen molar-refractivity contribution >= 4 is 40.3 Å². The molecule has 8 heteroatoms. The third-order valence-electron chi connectivity index (χ3n) is 3.63. The van der Waals surface area contributed by atoms with Crippen LogP contribution in [-0.2, 0) is 20.9 Å². The second-order valence-corrected chi connectivity index (χ2v) is 5.83. The number of ether oxygens (including phenoxy) is 1. The van der Waals surface area contributed by atoms with E-state index in [1.807, 2.05) is 0 Å². The molecule has 0 saturated carbocycles. The molecule has 0 aliphatic rings. The Morgan fingerprint density at radius 2 is 1.85 bits per heavy atom. The van der Waals surface area contributed by atoms with Crippen LogP contribution in [0.15, 0.2) is 57.7 Å². The molecule has 1 N–H and O–H groups in total. The van der Waals surface area contributed by atoms with Crippen LogP contribution in [0.5, 0.6) is 0 Å².